The number of esters is 1. The molecule has 1 unspecified atom stereocenters. The van der Waals surface area contributed by atoms with E-state index in [0.717, 1.165) is 5.56 Å². The molecule has 1 aliphatic heterocycles. The van der Waals surface area contributed by atoms with Crippen molar-refractivity contribution < 1.29 is 57.5 Å². The number of fused-ring (bicyclic) bond motifs is 4. The van der Waals surface area contributed by atoms with Gasteiger partial charge in [-0.3, -0.25) is 9.59 Å². The number of aliphatic carboxylic acids is 1. The number of alkyl halides is 1. The average molecular weight is 826 g/mol. The van der Waals surface area contributed by atoms with Crippen molar-refractivity contribution in [2.24, 2.45) is 5.92 Å². The number of methoxy groups -OCH3 is 4. The predicted octanol–water partition coefficient (Wildman–Crippen LogP) is 6.22. The minimum absolute atomic E-state index is 0.0711. The topological polar surface area (TPSA) is 202 Å². The molecule has 6 rings (SSSR count). The number of anilines is 1. The highest BCUT2D eigenvalue weighted by atomic mass is 35.5. The van der Waals surface area contributed by atoms with E-state index >= 15 is 0 Å². The second kappa shape index (κ2) is 18.9. The van der Waals surface area contributed by atoms with Crippen LogP contribution in [0.1, 0.15) is 52.2 Å². The second-order valence-electron chi connectivity index (χ2n) is 13.6. The van der Waals surface area contributed by atoms with E-state index in [4.69, 9.17) is 28.4 Å². The number of benzene rings is 2. The first-order valence-corrected chi connectivity index (χ1v) is 19.2. The maximum atomic E-state index is 14.2. The highest BCUT2D eigenvalue weighted by Crippen LogP contribution is 2.44. The smallest absolute Gasteiger partial charge is 0.415 e. The largest absolute Gasteiger partial charge is 0.493 e. The zero-order chi connectivity index (χ0) is 42.3. The van der Waals surface area contributed by atoms with E-state index in [1.165, 1.54) is 58.7 Å². The third kappa shape index (κ3) is 8.88. The Morgan fingerprint density at radius 2 is 1.52 bits per heavy atom. The summed E-state index contributed by atoms with van der Waals surface area (Å²) in [6.07, 6.45) is 5.48. The first-order valence-electron chi connectivity index (χ1n) is 18.4. The number of halogens is 1. The third-order valence-corrected chi connectivity index (χ3v) is 10.2. The quantitative estimate of drug-likeness (QED) is 0.0877. The molecule has 2 aromatic carbocycles. The Morgan fingerprint density at radius 3 is 2.17 bits per heavy atom. The van der Waals surface area contributed by atoms with Crippen molar-refractivity contribution in [1.29, 1.82) is 0 Å². The number of nitrogens with zero attached hydrogens (tertiary/aromatic N) is 3. The molecule has 312 valence electrons. The fourth-order valence-electron chi connectivity index (χ4n) is 7.04. The number of amides is 3. The van der Waals surface area contributed by atoms with Crippen LogP contribution in [0, 0.1) is 5.92 Å². The summed E-state index contributed by atoms with van der Waals surface area (Å²) in [4.78, 5) is 74.9. The lowest BCUT2D eigenvalue weighted by atomic mass is 9.93. The molecule has 58 heavy (non-hydrogen) atoms. The van der Waals surface area contributed by atoms with Gasteiger partial charge in [0.25, 0.3) is 5.91 Å². The SMILES string of the molecule is CCl.COC(=O)c1cc2c3c(cc(OC(=O)N(C)CCN(C)C(=O)OC4/C=C/CC[C@H](C(=O)O)CC4)c2[nH]1)N(C(=O)c1cc2cc(OC)c(OC)c(OC)c2[nH]1)CC3. The molecule has 0 saturated heterocycles. The van der Waals surface area contributed by atoms with Crippen molar-refractivity contribution in [3.63, 3.8) is 0 Å². The summed E-state index contributed by atoms with van der Waals surface area (Å²) in [6.45, 7) is 0.475. The zero-order valence-corrected chi connectivity index (χ0v) is 34.2. The standard InChI is InChI=1S/C39H45N5O12.CH3Cl/c1-42(38(49)55-23-10-8-7-9-21(11-12-23)36(46)47)15-16-43(2)39(50)56-29-20-28-24(25-19-27(37(48)54-6)41-32(25)29)13-14-44(28)35(45)26-17-22-18-30(51-3)33(52-4)34(53-5)31(22)40-26;1-2/h8,10,17-21,23,40-41H,7,9,11-16H2,1-6H3,(H,46,47);1H3/b10-8+;/t21-,23?;/m0./s1. The van der Waals surface area contributed by atoms with Gasteiger partial charge in [0.1, 0.15) is 17.5 Å². The van der Waals surface area contributed by atoms with E-state index in [-0.39, 0.29) is 36.1 Å². The number of aromatic nitrogens is 2. The molecule has 0 bridgehead atoms. The minimum Gasteiger partial charge on any atom is -0.493 e. The average Bonchev–Trinajstić information content (AvgIpc) is 3.97. The Bertz CT molecular complexity index is 2210. The van der Waals surface area contributed by atoms with Gasteiger partial charge in [-0.15, -0.1) is 11.6 Å². The van der Waals surface area contributed by atoms with Gasteiger partial charge in [-0.2, -0.15) is 0 Å². The number of aromatic amines is 2. The van der Waals surface area contributed by atoms with Crippen molar-refractivity contribution in [2.45, 2.75) is 38.2 Å². The lowest BCUT2D eigenvalue weighted by Crippen LogP contribution is -2.39. The number of carbonyl (C=O) groups is 5. The molecule has 2 atom stereocenters. The molecule has 0 saturated carbocycles. The number of carbonyl (C=O) groups excluding carboxylic acids is 4. The van der Waals surface area contributed by atoms with Crippen molar-refractivity contribution in [3.05, 3.63) is 53.4 Å². The molecule has 18 heteroatoms. The lowest BCUT2D eigenvalue weighted by Gasteiger charge is -2.25. The van der Waals surface area contributed by atoms with Crippen LogP contribution in [0.25, 0.3) is 21.8 Å². The molecule has 4 aromatic rings. The Hall–Kier alpha value is -6.10. The Labute approximate surface area is 339 Å². The van der Waals surface area contributed by atoms with Gasteiger partial charge in [0.15, 0.2) is 17.2 Å². The molecule has 0 spiro atoms. The number of ether oxygens (including phenoxy) is 6. The van der Waals surface area contributed by atoms with Crippen LogP contribution in [0.4, 0.5) is 15.3 Å². The molecule has 3 heterocycles. The van der Waals surface area contributed by atoms with Gasteiger partial charge < -0.3 is 58.2 Å². The van der Waals surface area contributed by atoms with Crippen LogP contribution in [-0.2, 0) is 20.7 Å². The molecule has 3 amide bonds. The third-order valence-electron chi connectivity index (χ3n) is 10.2. The number of carboxylic acid groups (broad SMARTS) is 1. The normalized spacial score (nSPS) is 16.5. The summed E-state index contributed by atoms with van der Waals surface area (Å²) >= 11 is 4.64. The van der Waals surface area contributed by atoms with Crippen LogP contribution in [-0.4, -0.2) is 130 Å². The van der Waals surface area contributed by atoms with Gasteiger partial charge in [-0.25, -0.2) is 14.4 Å². The molecule has 3 N–H and O–H groups in total. The maximum Gasteiger partial charge on any atom is 0.415 e. The van der Waals surface area contributed by atoms with Gasteiger partial charge in [-0.1, -0.05) is 6.08 Å². The fraction of sp³-hybridized carbons (Fsp3) is 0.425. The first-order chi connectivity index (χ1) is 27.9. The maximum absolute atomic E-state index is 14.2. The summed E-state index contributed by atoms with van der Waals surface area (Å²) in [6, 6.07) is 6.62. The molecule has 2 aromatic heterocycles. The number of carboxylic acids is 1. The summed E-state index contributed by atoms with van der Waals surface area (Å²) in [7, 11) is 8.79. The Morgan fingerprint density at radius 1 is 0.828 bits per heavy atom. The van der Waals surface area contributed by atoms with E-state index in [9.17, 15) is 29.1 Å². The molecular formula is C40H48ClN5O12. The Balaban J connectivity index is 0.00000315. The van der Waals surface area contributed by atoms with Crippen LogP contribution >= 0.6 is 11.6 Å². The Kier molecular flexibility index (Phi) is 14.0. The number of likely N-dealkylation sites (N-methyl/N-ethyl adjacent to an activating group) is 2. The number of allylic oxidation sites excluding steroid dienone is 1. The van der Waals surface area contributed by atoms with Gasteiger partial charge >= 0.3 is 24.1 Å². The molecule has 17 nitrogen and oxygen atoms in total. The summed E-state index contributed by atoms with van der Waals surface area (Å²) in [5.74, 6) is -1.10. The van der Waals surface area contributed by atoms with E-state index in [1.807, 2.05) is 6.08 Å². The van der Waals surface area contributed by atoms with Gasteiger partial charge in [-0.05, 0) is 61.9 Å². The van der Waals surface area contributed by atoms with E-state index in [2.05, 4.69) is 21.6 Å². The zero-order valence-electron chi connectivity index (χ0n) is 33.4. The number of H-pyrrole nitrogens is 2. The molecule has 1 aliphatic carbocycles. The number of hydrogen-bond acceptors (Lipinski definition) is 11. The first kappa shape index (κ1) is 43.0. The van der Waals surface area contributed by atoms with Crippen LogP contribution in [0.15, 0.2) is 36.4 Å². The highest BCUT2D eigenvalue weighted by molar-refractivity contribution is 6.15. The molecule has 0 fully saturated rings. The number of hydrogen-bond donors (Lipinski definition) is 3. The minimum atomic E-state index is -0.862. The molecular weight excluding hydrogens is 778 g/mol. The van der Waals surface area contributed by atoms with E-state index in [0.29, 0.717) is 83.4 Å². The number of rotatable bonds is 11. The van der Waals surface area contributed by atoms with Crippen molar-refractivity contribution in [2.75, 3.05) is 73.5 Å². The van der Waals surface area contributed by atoms with Crippen LogP contribution in [0.3, 0.4) is 0 Å². The van der Waals surface area contributed by atoms with Crippen LogP contribution in [0.2, 0.25) is 0 Å². The summed E-state index contributed by atoms with van der Waals surface area (Å²) in [5.41, 5.74) is 2.57. The lowest BCUT2D eigenvalue weighted by molar-refractivity contribution is -0.142. The van der Waals surface area contributed by atoms with Gasteiger partial charge in [0.2, 0.25) is 5.75 Å². The monoisotopic (exact) mass is 825 g/mol. The summed E-state index contributed by atoms with van der Waals surface area (Å²) in [5, 5.41) is 10.7. The summed E-state index contributed by atoms with van der Waals surface area (Å²) < 4.78 is 33.0. The van der Waals surface area contributed by atoms with Crippen LogP contribution < -0.4 is 23.8 Å². The fourth-order valence-corrected chi connectivity index (χ4v) is 7.04. The second-order valence-corrected chi connectivity index (χ2v) is 13.6. The van der Waals surface area contributed by atoms with Crippen molar-refractivity contribution >= 4 is 69.1 Å². The van der Waals surface area contributed by atoms with Crippen LogP contribution in [0.5, 0.6) is 23.0 Å². The molecule has 0 radical (unpaired) electrons. The van der Waals surface area contributed by atoms with Gasteiger partial charge in [0, 0.05) is 57.0 Å². The highest BCUT2D eigenvalue weighted by Gasteiger charge is 2.32. The molecule has 2 aliphatic rings. The predicted molar refractivity (Wildman–Crippen MR) is 215 cm³/mol. The van der Waals surface area contributed by atoms with E-state index < -0.39 is 36.1 Å². The number of nitrogens with one attached hydrogen (secondary N) is 2. The van der Waals surface area contributed by atoms with E-state index in [1.54, 1.807) is 35.2 Å². The van der Waals surface area contributed by atoms with Gasteiger partial charge in [0.05, 0.1) is 51.1 Å². The van der Waals surface area contributed by atoms with Crippen molar-refractivity contribution in [1.82, 2.24) is 19.8 Å². The van der Waals surface area contributed by atoms with Crippen molar-refractivity contribution in [3.8, 4) is 23.0 Å².